The maximum absolute atomic E-state index is 13.8. The summed E-state index contributed by atoms with van der Waals surface area (Å²) in [5.74, 6) is -7.05. The molecular weight excluding hydrogens is 640 g/mol. The molecular formula is C36H42O13. The molecule has 1 aromatic carbocycles. The molecule has 13 nitrogen and oxygen atoms in total. The monoisotopic (exact) mass is 682 g/mol. The molecule has 3 aliphatic carbocycles. The van der Waals surface area contributed by atoms with Crippen LogP contribution >= 0.6 is 0 Å². The summed E-state index contributed by atoms with van der Waals surface area (Å²) in [5.41, 5.74) is -7.26. The number of benzene rings is 1. The highest BCUT2D eigenvalue weighted by molar-refractivity contribution is 5.87. The predicted octanol–water partition coefficient (Wildman–Crippen LogP) is 0.820. The van der Waals surface area contributed by atoms with Crippen LogP contribution in [0.1, 0.15) is 39.2 Å². The molecule has 2 bridgehead atoms. The molecule has 4 unspecified atom stereocenters. The summed E-state index contributed by atoms with van der Waals surface area (Å²) in [4.78, 5) is 27.4. The van der Waals surface area contributed by atoms with Gasteiger partial charge in [0.1, 0.15) is 17.3 Å². The van der Waals surface area contributed by atoms with E-state index in [2.05, 4.69) is 0 Å². The normalized spacial score (nSPS) is 55.6. The molecule has 1 spiro atoms. The van der Waals surface area contributed by atoms with E-state index >= 15 is 0 Å². The lowest BCUT2D eigenvalue weighted by Gasteiger charge is -2.66. The first-order valence-corrected chi connectivity index (χ1v) is 17.0. The highest BCUT2D eigenvalue weighted by atomic mass is 16.7. The lowest BCUT2D eigenvalue weighted by molar-refractivity contribution is -0.314. The van der Waals surface area contributed by atoms with E-state index in [4.69, 9.17) is 33.2 Å². The molecule has 0 radical (unpaired) electrons. The average molecular weight is 683 g/mol. The molecule has 13 heteroatoms. The number of epoxide rings is 1. The number of carbonyl (C=O) groups excluding carboxylic acids is 2. The van der Waals surface area contributed by atoms with E-state index < -0.39 is 105 Å². The molecule has 16 atom stereocenters. The smallest absolute Gasteiger partial charge is 0.366 e. The van der Waals surface area contributed by atoms with Crippen molar-refractivity contribution in [3.05, 3.63) is 54.3 Å². The summed E-state index contributed by atoms with van der Waals surface area (Å²) < 4.78 is 42.9. The number of carbonyl (C=O) groups is 2. The van der Waals surface area contributed by atoms with Crippen LogP contribution in [0.3, 0.4) is 0 Å². The van der Waals surface area contributed by atoms with Gasteiger partial charge in [0.25, 0.3) is 5.79 Å². The number of esters is 2. The Labute approximate surface area is 282 Å². The van der Waals surface area contributed by atoms with Crippen molar-refractivity contribution in [3.8, 4) is 0 Å². The van der Waals surface area contributed by atoms with Gasteiger partial charge in [-0.15, -0.1) is 0 Å². The Morgan fingerprint density at radius 2 is 1.80 bits per heavy atom. The minimum absolute atomic E-state index is 0.0502. The number of methoxy groups -OCH3 is 1. The van der Waals surface area contributed by atoms with Crippen molar-refractivity contribution < 1.29 is 63.2 Å². The molecule has 0 amide bonds. The van der Waals surface area contributed by atoms with Crippen LogP contribution < -0.4 is 0 Å². The second kappa shape index (κ2) is 9.71. The zero-order valence-corrected chi connectivity index (χ0v) is 27.7. The number of rotatable bonds is 5. The lowest BCUT2D eigenvalue weighted by Crippen LogP contribution is -2.78. The molecule has 8 aliphatic rings. The molecule has 264 valence electrons. The van der Waals surface area contributed by atoms with Gasteiger partial charge in [0.05, 0.1) is 51.0 Å². The molecule has 7 fully saturated rings. The van der Waals surface area contributed by atoms with Crippen molar-refractivity contribution in [3.63, 3.8) is 0 Å². The average Bonchev–Trinajstić information content (AvgIpc) is 3.42. The van der Waals surface area contributed by atoms with Crippen molar-refractivity contribution in [1.29, 1.82) is 0 Å². The van der Waals surface area contributed by atoms with Gasteiger partial charge >= 0.3 is 11.9 Å². The van der Waals surface area contributed by atoms with Gasteiger partial charge in [-0.2, -0.15) is 0 Å². The number of ether oxygens (including phenoxy) is 7. The first kappa shape index (κ1) is 32.1. The van der Waals surface area contributed by atoms with E-state index in [1.807, 2.05) is 44.2 Å². The molecule has 3 saturated carbocycles. The van der Waals surface area contributed by atoms with E-state index in [1.165, 1.54) is 12.3 Å². The van der Waals surface area contributed by atoms with Crippen molar-refractivity contribution in [2.24, 2.45) is 34.0 Å². The molecule has 0 aromatic heterocycles. The molecule has 1 aromatic rings. The van der Waals surface area contributed by atoms with E-state index in [-0.39, 0.29) is 19.6 Å². The number of hydrogen-bond acceptors (Lipinski definition) is 13. The molecule has 5 heterocycles. The van der Waals surface area contributed by atoms with Gasteiger partial charge in [-0.05, 0) is 31.1 Å². The van der Waals surface area contributed by atoms with Crippen LogP contribution in [0.25, 0.3) is 6.08 Å². The summed E-state index contributed by atoms with van der Waals surface area (Å²) in [5, 5.41) is 48.8. The number of hydrogen-bond donors (Lipinski definition) is 4. The second-order valence-corrected chi connectivity index (χ2v) is 15.9. The Balaban J connectivity index is 1.22. The SMILES string of the molecule is COC(=O)[C@@]1(O)OC[C@@]23C4C(OC[C@]4(C)[C@H](O)C[C@@H]2OC(=O)/C=C/c2ccccc2)[C@@H](O)[C@@](C)([C@]24O[C@]2(C)C2C[C@@H]4O[C@H]4OC=C[C@]24O)C31. The zero-order valence-electron chi connectivity index (χ0n) is 27.7. The van der Waals surface area contributed by atoms with Gasteiger partial charge in [0.2, 0.25) is 6.29 Å². The summed E-state index contributed by atoms with van der Waals surface area (Å²) in [7, 11) is 1.13. The Hall–Kier alpha value is -2.88. The largest absolute Gasteiger partial charge is 0.469 e. The van der Waals surface area contributed by atoms with Gasteiger partial charge in [-0.3, -0.25) is 0 Å². The second-order valence-electron chi connectivity index (χ2n) is 15.9. The number of aliphatic hydroxyl groups is 4. The number of aliphatic hydroxyl groups excluding tert-OH is 2. The van der Waals surface area contributed by atoms with Crippen LogP contribution in [0.5, 0.6) is 0 Å². The molecule has 4 saturated heterocycles. The van der Waals surface area contributed by atoms with Crippen molar-refractivity contribution in [2.45, 2.75) is 93.0 Å². The van der Waals surface area contributed by atoms with Crippen LogP contribution in [0.15, 0.2) is 48.7 Å². The highest BCUT2D eigenvalue weighted by Gasteiger charge is 2.96. The minimum atomic E-state index is -2.65. The van der Waals surface area contributed by atoms with Gasteiger partial charge < -0.3 is 53.6 Å². The third-order valence-electron chi connectivity index (χ3n) is 14.1. The standard InChI is InChI=1S/C36H42O13/c1-30-16-45-24-25(30)33(21(15-20(30)37)47-23(38)11-10-18-8-6-5-7-9-18)17-46-35(42,28(40)43-4)27(33)31(2,26(24)39)36-22-14-19(32(36,3)49-36)34(41)12-13-44-29(34)48-22/h5-13,19-22,24-27,29,37,39,41-42H,14-17H2,1-4H3/b11-10+/t19?,20-,21+,22+,24?,25?,26-,27?,29-,30-,31-,32-,33+,34+,35+,36+/m1/s1. The summed E-state index contributed by atoms with van der Waals surface area (Å²) >= 11 is 0. The van der Waals surface area contributed by atoms with Crippen molar-refractivity contribution in [1.82, 2.24) is 0 Å². The topological polar surface area (TPSA) is 183 Å². The van der Waals surface area contributed by atoms with E-state index in [1.54, 1.807) is 19.1 Å². The summed E-state index contributed by atoms with van der Waals surface area (Å²) in [6, 6.07) is 9.21. The molecule has 9 rings (SSSR count). The van der Waals surface area contributed by atoms with Crippen LogP contribution in [0.4, 0.5) is 0 Å². The first-order chi connectivity index (χ1) is 23.2. The third kappa shape index (κ3) is 3.44. The van der Waals surface area contributed by atoms with Gasteiger partial charge in [0, 0.05) is 46.5 Å². The Morgan fingerprint density at radius 1 is 1.04 bits per heavy atom. The van der Waals surface area contributed by atoms with Gasteiger partial charge in [-0.25, -0.2) is 9.59 Å². The van der Waals surface area contributed by atoms with Crippen LogP contribution in [0, 0.1) is 34.0 Å². The molecule has 4 N–H and O–H groups in total. The van der Waals surface area contributed by atoms with Crippen LogP contribution in [0.2, 0.25) is 0 Å². The summed E-state index contributed by atoms with van der Waals surface area (Å²) in [6.45, 7) is 5.20. The van der Waals surface area contributed by atoms with Gasteiger partial charge in [0.15, 0.2) is 5.60 Å². The molecule has 49 heavy (non-hydrogen) atoms. The van der Waals surface area contributed by atoms with E-state index in [0.717, 1.165) is 12.7 Å². The molecule has 5 aliphatic heterocycles. The van der Waals surface area contributed by atoms with Crippen LogP contribution in [-0.2, 0) is 42.7 Å². The third-order valence-corrected chi connectivity index (χ3v) is 14.1. The first-order valence-electron chi connectivity index (χ1n) is 17.0. The van der Waals surface area contributed by atoms with Crippen molar-refractivity contribution in [2.75, 3.05) is 20.3 Å². The minimum Gasteiger partial charge on any atom is -0.469 e. The lowest BCUT2D eigenvalue weighted by atomic mass is 9.37. The highest BCUT2D eigenvalue weighted by Crippen LogP contribution is 2.82. The zero-order chi connectivity index (χ0) is 34.6. The number of fused-ring (bicyclic) bond motifs is 7. The Morgan fingerprint density at radius 3 is 2.53 bits per heavy atom. The Bertz CT molecular complexity index is 1670. The maximum atomic E-state index is 13.8. The fraction of sp³-hybridized carbons (Fsp3) is 0.667. The fourth-order valence-electron chi connectivity index (χ4n) is 12.2. The van der Waals surface area contributed by atoms with E-state index in [9.17, 15) is 30.0 Å². The predicted molar refractivity (Wildman–Crippen MR) is 164 cm³/mol. The maximum Gasteiger partial charge on any atom is 0.366 e. The summed E-state index contributed by atoms with van der Waals surface area (Å²) in [6.07, 6.45) is -0.113. The van der Waals surface area contributed by atoms with Gasteiger partial charge in [-0.1, -0.05) is 44.2 Å². The Kier molecular flexibility index (Phi) is 6.35. The van der Waals surface area contributed by atoms with Crippen LogP contribution in [-0.4, -0.2) is 112 Å². The quantitative estimate of drug-likeness (QED) is 0.195. The fourth-order valence-corrected chi connectivity index (χ4v) is 12.2. The van der Waals surface area contributed by atoms with Crippen molar-refractivity contribution >= 4 is 18.0 Å². The van der Waals surface area contributed by atoms with E-state index in [0.29, 0.717) is 6.42 Å².